The lowest BCUT2D eigenvalue weighted by atomic mass is 9.84. The van der Waals surface area contributed by atoms with Gasteiger partial charge in [-0.1, -0.05) is 110 Å². The zero-order valence-corrected chi connectivity index (χ0v) is 66.8. The van der Waals surface area contributed by atoms with Gasteiger partial charge < -0.3 is 69.7 Å². The smallest absolute Gasteiger partial charge is 0.378 e. The quantitative estimate of drug-likeness (QED) is 0.203. The van der Waals surface area contributed by atoms with Crippen molar-refractivity contribution in [3.63, 3.8) is 0 Å². The first-order valence-electron chi connectivity index (χ1n) is 39.6. The standard InChI is InChI=1S/C78H119ClF3N13O14/c1-13-49(4)65-74(106)87(7)50(5)69(101)95-38-33-58(95)72(104)90(10)60(45-51-23-15-14-16-24-51)71(103)86(6)47-62(96)83-56(30-28-52-27-29-54(55(79)44-52)78(80,81)82)70(102)89(9)57(31-32-63(97)93-36-21-22-37-93)68(100)85-77(34-19-20-35-77)76(108)92(12)66(53-25-17-18-26-53)75(107)91(11)61(73(105)94-39-41-109-42-40-94)46-64(98)88(8)59(43-48(2)3)67(99)84-65/h27,29,44,48-51,53,56-61,65-66H,13-26,28,30-43,45-47H2,1-12H3,(H,83,96)(H,84,99)(H,85,100)/t49-,50-,56-,57-,58?,59-,60-,61-,65-,66-/m0/s1. The van der Waals surface area contributed by atoms with Crippen molar-refractivity contribution in [1.29, 1.82) is 0 Å². The van der Waals surface area contributed by atoms with Gasteiger partial charge in [-0.05, 0) is 125 Å². The third-order valence-corrected chi connectivity index (χ3v) is 24.7. The SMILES string of the molecule is CC[C@H](C)[C@@H]1NC(=O)[C@H](CC(C)C)N(C)C(=O)C[C@@H](C(=O)N2CCOCC2)N(C)C(=O)[C@H](C2CCCC2)N(C)C(=O)C2(CCCC2)NC(=O)[C@H](CCC(=O)N2CCCC2)N(C)C(=O)[C@H](CCc2ccc(C(F)(F)F)c(Cl)c2)NC(=O)CN(C)C(=O)[C@H](CC2CCCCC2)N(C)C(=O)C2CCN2C(=O)[C@H](C)N(C)C1=O. The van der Waals surface area contributed by atoms with E-state index in [1.54, 1.807) is 11.8 Å². The fourth-order valence-electron chi connectivity index (χ4n) is 17.0. The maximum Gasteiger partial charge on any atom is 0.417 e. The molecule has 3 aliphatic carbocycles. The van der Waals surface area contributed by atoms with E-state index in [0.717, 1.165) is 66.9 Å². The molecular weight excluding hydrogens is 1440 g/mol. The van der Waals surface area contributed by atoms with Gasteiger partial charge in [0.05, 0.1) is 36.8 Å². The number of aryl methyl sites for hydroxylation is 1. The topological polar surface area (TPSA) is 300 Å². The Morgan fingerprint density at radius 1 is 0.633 bits per heavy atom. The number of carbonyl (C=O) groups excluding carboxylic acids is 13. The molecule has 0 aromatic heterocycles. The fraction of sp³-hybridized carbons (Fsp3) is 0.756. The number of carbonyl (C=O) groups is 13. The molecule has 109 heavy (non-hydrogen) atoms. The molecule has 4 heterocycles. The van der Waals surface area contributed by atoms with Crippen molar-refractivity contribution in [2.75, 3.05) is 102 Å². The third kappa shape index (κ3) is 21.1. The van der Waals surface area contributed by atoms with E-state index in [1.165, 1.54) is 96.6 Å². The van der Waals surface area contributed by atoms with Crippen molar-refractivity contribution in [3.05, 3.63) is 34.3 Å². The Hall–Kier alpha value is -7.63. The number of halogens is 4. The highest BCUT2D eigenvalue weighted by Crippen LogP contribution is 2.39. The van der Waals surface area contributed by atoms with E-state index in [-0.39, 0.29) is 114 Å². The molecule has 0 bridgehead atoms. The van der Waals surface area contributed by atoms with Gasteiger partial charge in [-0.25, -0.2) is 0 Å². The van der Waals surface area contributed by atoms with E-state index in [1.807, 2.05) is 20.8 Å². The number of rotatable bonds is 14. The van der Waals surface area contributed by atoms with Crippen LogP contribution in [-0.4, -0.2) is 288 Å². The first-order chi connectivity index (χ1) is 51.5. The van der Waals surface area contributed by atoms with Crippen LogP contribution in [0.15, 0.2) is 18.2 Å². The second-order valence-corrected chi connectivity index (χ2v) is 32.6. The van der Waals surface area contributed by atoms with E-state index in [4.69, 9.17) is 16.3 Å². The van der Waals surface area contributed by atoms with Gasteiger partial charge in [-0.15, -0.1) is 0 Å². The molecule has 4 saturated heterocycles. The molecule has 10 atom stereocenters. The molecule has 7 aliphatic rings. The van der Waals surface area contributed by atoms with E-state index < -0.39 is 172 Å². The van der Waals surface area contributed by atoms with Crippen LogP contribution in [0, 0.1) is 23.7 Å². The summed E-state index contributed by atoms with van der Waals surface area (Å²) >= 11 is 6.22. The minimum Gasteiger partial charge on any atom is -0.378 e. The van der Waals surface area contributed by atoms with Gasteiger partial charge in [-0.2, -0.15) is 13.2 Å². The van der Waals surface area contributed by atoms with E-state index >= 15 is 38.4 Å². The predicted octanol–water partition coefficient (Wildman–Crippen LogP) is 5.65. The number of nitrogens with zero attached hydrogens (tertiary/aromatic N) is 10. The van der Waals surface area contributed by atoms with Crippen LogP contribution in [0.1, 0.15) is 193 Å². The number of morpholine rings is 1. The summed E-state index contributed by atoms with van der Waals surface area (Å²) in [6.07, 6.45) is 3.67. The minimum absolute atomic E-state index is 0.0106. The van der Waals surface area contributed by atoms with Gasteiger partial charge in [0.2, 0.25) is 76.8 Å². The average molecular weight is 1560 g/mol. The van der Waals surface area contributed by atoms with Crippen LogP contribution < -0.4 is 16.0 Å². The van der Waals surface area contributed by atoms with Gasteiger partial charge in [0, 0.05) is 88.5 Å². The van der Waals surface area contributed by atoms with Crippen LogP contribution in [0.3, 0.4) is 0 Å². The lowest BCUT2D eigenvalue weighted by Gasteiger charge is -2.45. The van der Waals surface area contributed by atoms with Crippen molar-refractivity contribution in [2.24, 2.45) is 23.7 Å². The number of fused-ring (bicyclic) bond motifs is 1. The average Bonchev–Trinajstić information content (AvgIpc) is 1.77. The summed E-state index contributed by atoms with van der Waals surface area (Å²) in [7, 11) is 9.88. The maximum absolute atomic E-state index is 16.0. The molecule has 1 aromatic carbocycles. The number of benzene rings is 1. The Balaban J connectivity index is 1.22. The number of ether oxygens (including phenoxy) is 1. The predicted molar refractivity (Wildman–Crippen MR) is 400 cm³/mol. The molecular formula is C78H119ClF3N13O14. The molecule has 31 heteroatoms. The highest BCUT2D eigenvalue weighted by molar-refractivity contribution is 6.31. The molecule has 7 fully saturated rings. The molecule has 1 aromatic rings. The molecule has 1 spiro atoms. The number of likely N-dealkylation sites (N-methyl/N-ethyl adjacent to an activating group) is 7. The first kappa shape index (κ1) is 87.0. The summed E-state index contributed by atoms with van der Waals surface area (Å²) in [4.78, 5) is 210. The molecule has 8 rings (SSSR count). The first-order valence-corrected chi connectivity index (χ1v) is 40.0. The number of amides is 13. The zero-order chi connectivity index (χ0) is 80.1. The number of hydrogen-bond donors (Lipinski definition) is 3. The second-order valence-electron chi connectivity index (χ2n) is 32.2. The fourth-order valence-corrected chi connectivity index (χ4v) is 17.3. The van der Waals surface area contributed by atoms with E-state index in [2.05, 4.69) is 16.0 Å². The number of hydrogen-bond acceptors (Lipinski definition) is 14. The molecule has 27 nitrogen and oxygen atoms in total. The van der Waals surface area contributed by atoms with Gasteiger partial charge in [0.15, 0.2) is 0 Å². The Kier molecular flexibility index (Phi) is 30.7. The normalized spacial score (nSPS) is 27.6. The van der Waals surface area contributed by atoms with Crippen molar-refractivity contribution >= 4 is 88.4 Å². The third-order valence-electron chi connectivity index (χ3n) is 24.4. The largest absolute Gasteiger partial charge is 0.417 e. The number of likely N-dealkylation sites (tertiary alicyclic amines) is 1. The van der Waals surface area contributed by atoms with Gasteiger partial charge in [0.25, 0.3) is 0 Å². The molecule has 1 unspecified atom stereocenters. The summed E-state index contributed by atoms with van der Waals surface area (Å²) in [6, 6.07) is -8.64. The Bertz CT molecular complexity index is 3450. The Labute approximate surface area is 645 Å². The minimum atomic E-state index is -4.80. The summed E-state index contributed by atoms with van der Waals surface area (Å²) in [5.74, 6) is -9.80. The summed E-state index contributed by atoms with van der Waals surface area (Å²) in [6.45, 7) is 9.81. The zero-order valence-electron chi connectivity index (χ0n) is 66.1. The Morgan fingerprint density at radius 3 is 1.84 bits per heavy atom. The van der Waals surface area contributed by atoms with Crippen LogP contribution in [0.25, 0.3) is 0 Å². The number of nitrogens with one attached hydrogen (secondary N) is 3. The monoisotopic (exact) mass is 1550 g/mol. The molecule has 3 N–H and O–H groups in total. The van der Waals surface area contributed by atoms with Crippen LogP contribution in [0.5, 0.6) is 0 Å². The van der Waals surface area contributed by atoms with Crippen LogP contribution in [0.4, 0.5) is 13.2 Å². The Morgan fingerprint density at radius 2 is 1.26 bits per heavy atom. The van der Waals surface area contributed by atoms with Crippen LogP contribution in [0.2, 0.25) is 5.02 Å². The lowest BCUT2D eigenvalue weighted by molar-refractivity contribution is -0.160. The maximum atomic E-state index is 16.0. The van der Waals surface area contributed by atoms with Crippen molar-refractivity contribution in [2.45, 2.75) is 255 Å². The lowest BCUT2D eigenvalue weighted by Crippen LogP contribution is -2.65. The van der Waals surface area contributed by atoms with Gasteiger partial charge >= 0.3 is 6.18 Å². The van der Waals surface area contributed by atoms with E-state index in [9.17, 15) is 37.1 Å². The molecule has 4 aliphatic heterocycles. The van der Waals surface area contributed by atoms with Crippen LogP contribution in [-0.2, 0) is 79.7 Å². The molecule has 13 amide bonds. The second kappa shape index (κ2) is 38.5. The summed E-state index contributed by atoms with van der Waals surface area (Å²) in [5.41, 5.74) is -2.57. The highest BCUT2D eigenvalue weighted by atomic mass is 35.5. The van der Waals surface area contributed by atoms with E-state index in [0.29, 0.717) is 58.0 Å². The van der Waals surface area contributed by atoms with Gasteiger partial charge in [0.1, 0.15) is 59.9 Å². The van der Waals surface area contributed by atoms with Crippen molar-refractivity contribution in [1.82, 2.24) is 64.9 Å². The summed E-state index contributed by atoms with van der Waals surface area (Å²) < 4.78 is 47.7. The van der Waals surface area contributed by atoms with Crippen molar-refractivity contribution < 1.29 is 80.2 Å². The molecule has 3 saturated carbocycles. The highest BCUT2D eigenvalue weighted by Gasteiger charge is 2.52. The van der Waals surface area contributed by atoms with Gasteiger partial charge in [-0.3, -0.25) is 62.3 Å². The van der Waals surface area contributed by atoms with Crippen molar-refractivity contribution in [3.8, 4) is 0 Å². The summed E-state index contributed by atoms with van der Waals surface area (Å²) in [5, 5.41) is 8.13. The number of alkyl halides is 3. The molecule has 0 radical (unpaired) electrons. The van der Waals surface area contributed by atoms with Crippen LogP contribution >= 0.6 is 11.6 Å². The molecule has 608 valence electrons.